The van der Waals surface area contributed by atoms with Gasteiger partial charge < -0.3 is 4.74 Å². The van der Waals surface area contributed by atoms with Crippen LogP contribution in [0.15, 0.2) is 59.5 Å². The predicted octanol–water partition coefficient (Wildman–Crippen LogP) is 3.26. The monoisotopic (exact) mass is 388 g/mol. The van der Waals surface area contributed by atoms with Crippen molar-refractivity contribution >= 4 is 15.8 Å². The van der Waals surface area contributed by atoms with Crippen LogP contribution in [0.4, 0.5) is 4.39 Å². The molecule has 0 fully saturated rings. The molecule has 0 aliphatic carbocycles. The zero-order chi connectivity index (χ0) is 19.6. The summed E-state index contributed by atoms with van der Waals surface area (Å²) in [6.45, 7) is 1.86. The molecule has 3 rings (SSSR count). The third-order valence-electron chi connectivity index (χ3n) is 3.85. The van der Waals surface area contributed by atoms with Crippen molar-refractivity contribution in [3.8, 4) is 16.9 Å². The lowest BCUT2D eigenvalue weighted by Crippen LogP contribution is -2.07. The molecule has 0 bridgehead atoms. The molecular weight excluding hydrogens is 371 g/mol. The van der Waals surface area contributed by atoms with Crippen LogP contribution in [0.5, 0.6) is 0 Å². The summed E-state index contributed by atoms with van der Waals surface area (Å²) in [5, 5.41) is 4.19. The van der Waals surface area contributed by atoms with Crippen LogP contribution in [0.25, 0.3) is 16.9 Å². The maximum absolute atomic E-state index is 14.3. The number of para-hydroxylation sites is 1. The summed E-state index contributed by atoms with van der Waals surface area (Å²) in [6.07, 6.45) is 1.12. The molecule has 0 aliphatic rings. The van der Waals surface area contributed by atoms with E-state index in [4.69, 9.17) is 4.74 Å². The normalized spacial score (nSPS) is 11.4. The second-order valence-corrected chi connectivity index (χ2v) is 7.81. The number of nitrogens with zero attached hydrogens (tertiary/aromatic N) is 2. The van der Waals surface area contributed by atoms with Crippen LogP contribution in [-0.4, -0.2) is 37.0 Å². The highest BCUT2D eigenvalue weighted by molar-refractivity contribution is 7.90. The Morgan fingerprint density at radius 3 is 2.41 bits per heavy atom. The molecule has 1 aromatic heterocycles. The highest BCUT2D eigenvalue weighted by Crippen LogP contribution is 2.27. The first-order chi connectivity index (χ1) is 12.8. The van der Waals surface area contributed by atoms with E-state index in [0.717, 1.165) is 6.26 Å². The molecule has 0 saturated carbocycles. The molecule has 0 aliphatic heterocycles. The first-order valence-electron chi connectivity index (χ1n) is 8.14. The lowest BCUT2D eigenvalue weighted by Gasteiger charge is -2.09. The van der Waals surface area contributed by atoms with E-state index in [1.165, 1.54) is 35.0 Å². The van der Waals surface area contributed by atoms with Crippen LogP contribution in [0.1, 0.15) is 17.4 Å². The van der Waals surface area contributed by atoms with Gasteiger partial charge in [-0.2, -0.15) is 5.10 Å². The first kappa shape index (κ1) is 18.8. The van der Waals surface area contributed by atoms with Gasteiger partial charge in [-0.1, -0.05) is 24.3 Å². The molecule has 0 unspecified atom stereocenters. The topological polar surface area (TPSA) is 78.3 Å². The van der Waals surface area contributed by atoms with E-state index in [9.17, 15) is 17.6 Å². The molecule has 3 aromatic rings. The summed E-state index contributed by atoms with van der Waals surface area (Å²) in [4.78, 5) is 12.2. The number of hydrogen-bond acceptors (Lipinski definition) is 5. The smallest absolute Gasteiger partial charge is 0.358 e. The average Bonchev–Trinajstić information content (AvgIpc) is 3.07. The Labute approximate surface area is 156 Å². The van der Waals surface area contributed by atoms with Crippen molar-refractivity contribution in [3.05, 3.63) is 66.1 Å². The number of benzene rings is 2. The molecule has 6 nitrogen and oxygen atoms in total. The highest BCUT2D eigenvalue weighted by atomic mass is 32.2. The molecule has 0 atom stereocenters. The van der Waals surface area contributed by atoms with Gasteiger partial charge in [0.05, 0.1) is 17.2 Å². The number of hydrogen-bond donors (Lipinski definition) is 0. The van der Waals surface area contributed by atoms with Crippen LogP contribution in [-0.2, 0) is 14.6 Å². The summed E-state index contributed by atoms with van der Waals surface area (Å²) in [7, 11) is -3.34. The number of carbonyl (C=O) groups excluding carboxylic acids is 1. The average molecular weight is 388 g/mol. The molecule has 2 aromatic carbocycles. The summed E-state index contributed by atoms with van der Waals surface area (Å²) in [5.74, 6) is -1.13. The van der Waals surface area contributed by atoms with E-state index in [1.54, 1.807) is 31.2 Å². The fraction of sp³-hybridized carbons (Fsp3) is 0.158. The molecule has 8 heteroatoms. The fourth-order valence-electron chi connectivity index (χ4n) is 2.57. The number of sulfone groups is 1. The molecule has 27 heavy (non-hydrogen) atoms. The number of carbonyl (C=O) groups is 1. The third kappa shape index (κ3) is 3.90. The maximum Gasteiger partial charge on any atom is 0.358 e. The number of halogens is 1. The second-order valence-electron chi connectivity index (χ2n) is 5.80. The van der Waals surface area contributed by atoms with Gasteiger partial charge in [0, 0.05) is 11.8 Å². The van der Waals surface area contributed by atoms with Crippen molar-refractivity contribution < 1.29 is 22.3 Å². The largest absolute Gasteiger partial charge is 0.461 e. The molecule has 0 spiro atoms. The van der Waals surface area contributed by atoms with Gasteiger partial charge >= 0.3 is 5.97 Å². The Morgan fingerprint density at radius 1 is 1.15 bits per heavy atom. The maximum atomic E-state index is 14.3. The minimum Gasteiger partial charge on any atom is -0.461 e. The molecule has 0 radical (unpaired) electrons. The van der Waals surface area contributed by atoms with Crippen LogP contribution < -0.4 is 0 Å². The number of ether oxygens (including phenoxy) is 1. The molecule has 0 amide bonds. The Morgan fingerprint density at radius 2 is 1.81 bits per heavy atom. The van der Waals surface area contributed by atoms with E-state index in [2.05, 4.69) is 5.10 Å². The third-order valence-corrected chi connectivity index (χ3v) is 4.98. The van der Waals surface area contributed by atoms with E-state index >= 15 is 0 Å². The lowest BCUT2D eigenvalue weighted by atomic mass is 10.1. The SMILES string of the molecule is CCOC(=O)c1cc(-c2ccc(S(C)(=O)=O)cc2)n(-c2ccccc2F)n1. The van der Waals surface area contributed by atoms with Gasteiger partial charge in [-0.15, -0.1) is 0 Å². The highest BCUT2D eigenvalue weighted by Gasteiger charge is 2.19. The van der Waals surface area contributed by atoms with E-state index < -0.39 is 21.6 Å². The Hall–Kier alpha value is -3.00. The lowest BCUT2D eigenvalue weighted by molar-refractivity contribution is 0.0519. The summed E-state index contributed by atoms with van der Waals surface area (Å²) in [5.41, 5.74) is 1.20. The summed E-state index contributed by atoms with van der Waals surface area (Å²) < 4.78 is 43.9. The van der Waals surface area contributed by atoms with Crippen LogP contribution in [0.2, 0.25) is 0 Å². The Bertz CT molecular complexity index is 1090. The summed E-state index contributed by atoms with van der Waals surface area (Å²) in [6, 6.07) is 13.6. The van der Waals surface area contributed by atoms with Crippen molar-refractivity contribution in [1.82, 2.24) is 9.78 Å². The van der Waals surface area contributed by atoms with E-state index in [-0.39, 0.29) is 22.9 Å². The zero-order valence-corrected chi connectivity index (χ0v) is 15.5. The molecule has 140 valence electrons. The molecular formula is C19H17FN2O4S. The van der Waals surface area contributed by atoms with Gasteiger partial charge in [-0.25, -0.2) is 22.3 Å². The second kappa shape index (κ2) is 7.32. The minimum atomic E-state index is -3.34. The Kier molecular flexibility index (Phi) is 5.09. The van der Waals surface area contributed by atoms with Gasteiger partial charge in [-0.3, -0.25) is 0 Å². The quantitative estimate of drug-likeness (QED) is 0.627. The van der Waals surface area contributed by atoms with Gasteiger partial charge in [0.2, 0.25) is 0 Å². The molecule has 1 heterocycles. The molecule has 0 N–H and O–H groups in total. The van der Waals surface area contributed by atoms with Crippen LogP contribution in [0, 0.1) is 5.82 Å². The van der Waals surface area contributed by atoms with Crippen LogP contribution >= 0.6 is 0 Å². The summed E-state index contributed by atoms with van der Waals surface area (Å²) >= 11 is 0. The number of esters is 1. The minimum absolute atomic E-state index is 0.0299. The van der Waals surface area contributed by atoms with Crippen LogP contribution in [0.3, 0.4) is 0 Å². The molecule has 0 saturated heterocycles. The van der Waals surface area contributed by atoms with Crippen molar-refractivity contribution in [2.75, 3.05) is 12.9 Å². The predicted molar refractivity (Wildman–Crippen MR) is 98.0 cm³/mol. The fourth-order valence-corrected chi connectivity index (χ4v) is 3.20. The standard InChI is InChI=1S/C19H17FN2O4S/c1-3-26-19(23)16-12-18(13-8-10-14(11-9-13)27(2,24)25)22(21-16)17-7-5-4-6-15(17)20/h4-12H,3H2,1-2H3. The van der Waals surface area contributed by atoms with Gasteiger partial charge in [-0.05, 0) is 37.3 Å². The van der Waals surface area contributed by atoms with Crippen molar-refractivity contribution in [3.63, 3.8) is 0 Å². The van der Waals surface area contributed by atoms with Gasteiger partial charge in [0.25, 0.3) is 0 Å². The van der Waals surface area contributed by atoms with Crippen molar-refractivity contribution in [2.45, 2.75) is 11.8 Å². The van der Waals surface area contributed by atoms with Crippen molar-refractivity contribution in [1.29, 1.82) is 0 Å². The van der Waals surface area contributed by atoms with Crippen molar-refractivity contribution in [2.24, 2.45) is 0 Å². The number of aromatic nitrogens is 2. The number of rotatable bonds is 5. The van der Waals surface area contributed by atoms with E-state index in [1.807, 2.05) is 0 Å². The zero-order valence-electron chi connectivity index (χ0n) is 14.7. The van der Waals surface area contributed by atoms with Gasteiger partial charge in [0.15, 0.2) is 15.5 Å². The Balaban J connectivity index is 2.16. The van der Waals surface area contributed by atoms with Gasteiger partial charge in [0.1, 0.15) is 11.5 Å². The van der Waals surface area contributed by atoms with E-state index in [0.29, 0.717) is 11.3 Å². The first-order valence-corrected chi connectivity index (χ1v) is 10.0.